The molecule has 146 valence electrons. The summed E-state index contributed by atoms with van der Waals surface area (Å²) in [6.07, 6.45) is 4.23. The van der Waals surface area contributed by atoms with Crippen molar-refractivity contribution in [3.63, 3.8) is 0 Å². The van der Waals surface area contributed by atoms with E-state index in [0.29, 0.717) is 0 Å². The second-order valence-electron chi connectivity index (χ2n) is 8.36. The molecule has 0 radical (unpaired) electrons. The van der Waals surface area contributed by atoms with Gasteiger partial charge in [-0.2, -0.15) is 0 Å². The average molecular weight is 406 g/mol. The third-order valence-corrected chi connectivity index (χ3v) is 6.14. The van der Waals surface area contributed by atoms with Crippen LogP contribution in [0.2, 0.25) is 10.0 Å². The van der Waals surface area contributed by atoms with Gasteiger partial charge in [0.2, 0.25) is 0 Å². The van der Waals surface area contributed by atoms with Gasteiger partial charge in [-0.05, 0) is 80.8 Å². The van der Waals surface area contributed by atoms with Crippen LogP contribution in [-0.4, -0.2) is 18.8 Å². The van der Waals surface area contributed by atoms with E-state index < -0.39 is 0 Å². The van der Waals surface area contributed by atoms with Crippen molar-refractivity contribution in [1.29, 1.82) is 0 Å². The molecule has 1 aliphatic rings. The number of benzene rings is 2. The third-order valence-electron chi connectivity index (χ3n) is 5.52. The van der Waals surface area contributed by atoms with Gasteiger partial charge in [-0.1, -0.05) is 53.5 Å². The van der Waals surface area contributed by atoms with Gasteiger partial charge in [-0.15, -0.1) is 0 Å². The summed E-state index contributed by atoms with van der Waals surface area (Å²) in [5, 5.41) is 5.25. The Bertz CT molecular complexity index is 744. The second-order valence-corrected chi connectivity index (χ2v) is 9.20. The highest BCUT2D eigenvalue weighted by atomic mass is 35.5. The van der Waals surface area contributed by atoms with Gasteiger partial charge in [0.05, 0.1) is 5.60 Å². The number of hydrogen-bond acceptors (Lipinski definition) is 2. The van der Waals surface area contributed by atoms with Crippen molar-refractivity contribution in [3.8, 4) is 0 Å². The van der Waals surface area contributed by atoms with Gasteiger partial charge in [0.25, 0.3) is 0 Å². The molecule has 0 spiro atoms. The summed E-state index contributed by atoms with van der Waals surface area (Å²) in [5.41, 5.74) is 2.62. The molecule has 0 amide bonds. The molecule has 0 saturated carbocycles. The Morgan fingerprint density at radius 3 is 2.48 bits per heavy atom. The van der Waals surface area contributed by atoms with Crippen LogP contribution in [0.3, 0.4) is 0 Å². The molecule has 4 heteroatoms. The van der Waals surface area contributed by atoms with E-state index in [1.165, 1.54) is 11.1 Å². The number of halogens is 2. The quantitative estimate of drug-likeness (QED) is 0.546. The first-order valence-electron chi connectivity index (χ1n) is 9.70. The highest BCUT2D eigenvalue weighted by molar-refractivity contribution is 6.31. The Balaban J connectivity index is 1.65. The summed E-state index contributed by atoms with van der Waals surface area (Å²) in [4.78, 5) is 0. The summed E-state index contributed by atoms with van der Waals surface area (Å²) in [7, 11) is 0. The van der Waals surface area contributed by atoms with Crippen molar-refractivity contribution in [2.45, 2.75) is 51.7 Å². The molecule has 3 rings (SSSR count). The molecule has 27 heavy (non-hydrogen) atoms. The molecule has 1 heterocycles. The van der Waals surface area contributed by atoms with E-state index in [9.17, 15) is 0 Å². The lowest BCUT2D eigenvalue weighted by Crippen LogP contribution is -2.43. The van der Waals surface area contributed by atoms with Gasteiger partial charge in [0.15, 0.2) is 0 Å². The van der Waals surface area contributed by atoms with E-state index in [0.717, 1.165) is 55.4 Å². The molecule has 1 atom stereocenters. The number of ether oxygens (including phenoxy) is 1. The number of nitrogens with one attached hydrogen (secondary N) is 1. The maximum absolute atomic E-state index is 6.47. The van der Waals surface area contributed by atoms with Crippen LogP contribution in [0, 0.1) is 5.41 Å². The van der Waals surface area contributed by atoms with Gasteiger partial charge < -0.3 is 10.1 Å². The maximum Gasteiger partial charge on any atom is 0.0631 e. The predicted molar refractivity (Wildman–Crippen MR) is 115 cm³/mol. The van der Waals surface area contributed by atoms with E-state index in [1.807, 2.05) is 24.3 Å². The fourth-order valence-corrected chi connectivity index (χ4v) is 4.60. The van der Waals surface area contributed by atoms with Crippen molar-refractivity contribution in [1.82, 2.24) is 5.32 Å². The van der Waals surface area contributed by atoms with E-state index in [1.54, 1.807) is 0 Å². The van der Waals surface area contributed by atoms with Crippen LogP contribution in [0.4, 0.5) is 0 Å². The Hall–Kier alpha value is -1.06. The fourth-order valence-electron chi connectivity index (χ4n) is 4.27. The summed E-state index contributed by atoms with van der Waals surface area (Å²) in [5.74, 6) is 0. The highest BCUT2D eigenvalue weighted by Crippen LogP contribution is 2.44. The summed E-state index contributed by atoms with van der Waals surface area (Å²) in [6.45, 7) is 7.06. The van der Waals surface area contributed by atoms with Crippen LogP contribution in [0.15, 0.2) is 48.5 Å². The van der Waals surface area contributed by atoms with E-state index in [2.05, 4.69) is 43.4 Å². The molecule has 1 N–H and O–H groups in total. The second kappa shape index (κ2) is 8.96. The lowest BCUT2D eigenvalue weighted by molar-refractivity contribution is -0.107. The van der Waals surface area contributed by atoms with Crippen molar-refractivity contribution in [3.05, 3.63) is 69.7 Å². The average Bonchev–Trinajstić information content (AvgIpc) is 2.62. The van der Waals surface area contributed by atoms with Crippen LogP contribution in [-0.2, 0) is 17.7 Å². The zero-order valence-corrected chi connectivity index (χ0v) is 17.7. The number of hydrogen-bond donors (Lipinski definition) is 1. The molecule has 2 aromatic rings. The van der Waals surface area contributed by atoms with E-state index in [-0.39, 0.29) is 11.0 Å². The largest absolute Gasteiger partial charge is 0.376 e. The third kappa shape index (κ3) is 5.96. The van der Waals surface area contributed by atoms with Crippen molar-refractivity contribution in [2.75, 3.05) is 13.2 Å². The SMILES string of the molecule is CC1(C)C[C@](CCNCc2ccc(Cl)cc2)(Cc2ccccc2Cl)CCO1. The highest BCUT2D eigenvalue weighted by Gasteiger charge is 2.40. The van der Waals surface area contributed by atoms with Gasteiger partial charge in [-0.25, -0.2) is 0 Å². The van der Waals surface area contributed by atoms with Gasteiger partial charge in [0.1, 0.15) is 0 Å². The Morgan fingerprint density at radius 1 is 1.04 bits per heavy atom. The smallest absolute Gasteiger partial charge is 0.0631 e. The molecular formula is C23H29Cl2NO. The van der Waals surface area contributed by atoms with Crippen molar-refractivity contribution >= 4 is 23.2 Å². The maximum atomic E-state index is 6.47. The first-order valence-corrected chi connectivity index (χ1v) is 10.5. The van der Waals surface area contributed by atoms with Crippen LogP contribution < -0.4 is 5.32 Å². The topological polar surface area (TPSA) is 21.3 Å². The lowest BCUT2D eigenvalue weighted by Gasteiger charge is -2.45. The Kier molecular flexibility index (Phi) is 6.86. The van der Waals surface area contributed by atoms with Crippen LogP contribution in [0.25, 0.3) is 0 Å². The summed E-state index contributed by atoms with van der Waals surface area (Å²) in [6, 6.07) is 16.3. The van der Waals surface area contributed by atoms with Crippen LogP contribution >= 0.6 is 23.2 Å². The molecule has 0 unspecified atom stereocenters. The molecule has 1 aliphatic heterocycles. The zero-order valence-electron chi connectivity index (χ0n) is 16.2. The lowest BCUT2D eigenvalue weighted by atomic mass is 9.68. The Labute approximate surface area is 173 Å². The molecule has 0 aliphatic carbocycles. The molecular weight excluding hydrogens is 377 g/mol. The van der Waals surface area contributed by atoms with E-state index in [4.69, 9.17) is 27.9 Å². The predicted octanol–water partition coefficient (Wildman–Crippen LogP) is 6.29. The Morgan fingerprint density at radius 2 is 1.78 bits per heavy atom. The molecule has 1 fully saturated rings. The van der Waals surface area contributed by atoms with Gasteiger partial charge >= 0.3 is 0 Å². The monoisotopic (exact) mass is 405 g/mol. The zero-order chi connectivity index (χ0) is 19.3. The molecule has 2 nitrogen and oxygen atoms in total. The first kappa shape index (κ1) is 20.7. The molecule has 2 aromatic carbocycles. The van der Waals surface area contributed by atoms with Gasteiger partial charge in [0, 0.05) is 23.2 Å². The fraction of sp³-hybridized carbons (Fsp3) is 0.478. The first-order chi connectivity index (χ1) is 12.9. The standard InChI is InChI=1S/C23H29Cl2NO/c1-22(2)17-23(12-14-27-22,15-19-5-3-4-6-21(19)25)11-13-26-16-18-7-9-20(24)10-8-18/h3-10,26H,11-17H2,1-2H3/t23-/m0/s1. The molecule has 0 bridgehead atoms. The summed E-state index contributed by atoms with van der Waals surface area (Å²) < 4.78 is 6.01. The minimum atomic E-state index is -0.0876. The van der Waals surface area contributed by atoms with Crippen molar-refractivity contribution < 1.29 is 4.74 Å². The molecule has 1 saturated heterocycles. The minimum absolute atomic E-state index is 0.0876. The summed E-state index contributed by atoms with van der Waals surface area (Å²) >= 11 is 12.4. The van der Waals surface area contributed by atoms with E-state index >= 15 is 0 Å². The van der Waals surface area contributed by atoms with Gasteiger partial charge in [-0.3, -0.25) is 0 Å². The minimum Gasteiger partial charge on any atom is -0.376 e. The van der Waals surface area contributed by atoms with Crippen LogP contribution in [0.1, 0.15) is 44.2 Å². The van der Waals surface area contributed by atoms with Crippen LogP contribution in [0.5, 0.6) is 0 Å². The normalized spacial score (nSPS) is 21.9. The number of rotatable bonds is 7. The van der Waals surface area contributed by atoms with Crippen molar-refractivity contribution in [2.24, 2.45) is 5.41 Å². The molecule has 0 aromatic heterocycles.